The second-order valence-corrected chi connectivity index (χ2v) is 6.18. The largest absolute Gasteiger partial charge is 0.273 e. The van der Waals surface area contributed by atoms with E-state index in [0.29, 0.717) is 5.75 Å². The number of nitrogens with zero attached hydrogens (tertiary/aromatic N) is 1. The lowest BCUT2D eigenvalue weighted by Crippen LogP contribution is -2.32. The van der Waals surface area contributed by atoms with Crippen molar-refractivity contribution in [2.75, 3.05) is 11.5 Å². The van der Waals surface area contributed by atoms with Crippen LogP contribution in [-0.4, -0.2) is 25.8 Å². The Labute approximate surface area is 116 Å². The average Bonchev–Trinajstić information content (AvgIpc) is 2.38. The van der Waals surface area contributed by atoms with Crippen LogP contribution in [0.1, 0.15) is 5.56 Å². The van der Waals surface area contributed by atoms with Gasteiger partial charge in [-0.15, -0.1) is 18.3 Å². The zero-order chi connectivity index (χ0) is 14.3. The van der Waals surface area contributed by atoms with E-state index in [-0.39, 0.29) is 16.2 Å². The van der Waals surface area contributed by atoms with Crippen LogP contribution < -0.4 is 4.72 Å². The molecule has 0 unspecified atom stereocenters. The molecule has 0 aliphatic heterocycles. The molecule has 0 bridgehead atoms. The van der Waals surface area contributed by atoms with Crippen LogP contribution in [0.4, 0.5) is 0 Å². The summed E-state index contributed by atoms with van der Waals surface area (Å²) in [6.45, 7) is 3.50. The van der Waals surface area contributed by atoms with Crippen molar-refractivity contribution < 1.29 is 13.2 Å². The molecule has 0 fully saturated rings. The van der Waals surface area contributed by atoms with E-state index in [1.165, 1.54) is 36.0 Å². The fraction of sp³-hybridized carbons (Fsp3) is 0.167. The molecule has 0 aromatic heterocycles. The number of carbonyl (C=O) groups excluding carboxylic acids is 1. The van der Waals surface area contributed by atoms with Crippen LogP contribution in [0.2, 0.25) is 0 Å². The summed E-state index contributed by atoms with van der Waals surface area (Å²) in [6, 6.07) is 7.32. The van der Waals surface area contributed by atoms with Crippen molar-refractivity contribution in [1.82, 2.24) is 4.72 Å². The molecule has 1 aromatic rings. The zero-order valence-electron chi connectivity index (χ0n) is 10.00. The molecule has 0 saturated heterocycles. The maximum Gasteiger partial charge on any atom is 0.264 e. The predicted octanol–water partition coefficient (Wildman–Crippen LogP) is 1.28. The monoisotopic (exact) mass is 296 g/mol. The van der Waals surface area contributed by atoms with Crippen molar-refractivity contribution in [2.24, 2.45) is 0 Å². The summed E-state index contributed by atoms with van der Waals surface area (Å²) in [7, 11) is -3.92. The second kappa shape index (κ2) is 6.97. The van der Waals surface area contributed by atoms with Crippen molar-refractivity contribution in [3.8, 4) is 6.07 Å². The topological polar surface area (TPSA) is 87.0 Å². The summed E-state index contributed by atoms with van der Waals surface area (Å²) < 4.78 is 25.7. The van der Waals surface area contributed by atoms with Crippen molar-refractivity contribution in [1.29, 1.82) is 5.26 Å². The number of hydrogen-bond acceptors (Lipinski definition) is 5. The molecule has 1 N–H and O–H groups in total. The van der Waals surface area contributed by atoms with E-state index in [0.717, 1.165) is 0 Å². The van der Waals surface area contributed by atoms with Gasteiger partial charge in [0.25, 0.3) is 10.0 Å². The van der Waals surface area contributed by atoms with Crippen LogP contribution in [0.25, 0.3) is 0 Å². The standard InChI is InChI=1S/C12H12N2O3S2/c1-2-6-18-9-12(15)14-19(16,17)11-5-3-4-10(7-11)8-13/h2-5,7H,1,6,9H2,(H,14,15). The minimum absolute atomic E-state index is 0.0309. The highest BCUT2D eigenvalue weighted by atomic mass is 32.2. The Morgan fingerprint density at radius 2 is 2.26 bits per heavy atom. The molecule has 1 aromatic carbocycles. The maximum absolute atomic E-state index is 11.9. The second-order valence-electron chi connectivity index (χ2n) is 3.47. The minimum atomic E-state index is -3.92. The number of thioether (sulfide) groups is 1. The fourth-order valence-electron chi connectivity index (χ4n) is 1.21. The number of hydrogen-bond donors (Lipinski definition) is 1. The maximum atomic E-state index is 11.9. The van der Waals surface area contributed by atoms with Crippen LogP contribution in [0.5, 0.6) is 0 Å². The third-order valence-corrected chi connectivity index (χ3v) is 4.30. The van der Waals surface area contributed by atoms with Gasteiger partial charge in [-0.1, -0.05) is 12.1 Å². The van der Waals surface area contributed by atoms with E-state index >= 15 is 0 Å². The van der Waals surface area contributed by atoms with Crippen LogP contribution in [-0.2, 0) is 14.8 Å². The highest BCUT2D eigenvalue weighted by Crippen LogP contribution is 2.11. The Hall–Kier alpha value is -1.78. The van der Waals surface area contributed by atoms with Crippen LogP contribution in [0, 0.1) is 11.3 Å². The molecule has 5 nitrogen and oxygen atoms in total. The Morgan fingerprint density at radius 1 is 1.53 bits per heavy atom. The molecule has 0 aliphatic rings. The molecule has 0 radical (unpaired) electrons. The lowest BCUT2D eigenvalue weighted by Gasteiger charge is -2.06. The minimum Gasteiger partial charge on any atom is -0.273 e. The number of nitrogens with one attached hydrogen (secondary N) is 1. The normalized spacial score (nSPS) is 10.5. The molecular formula is C12H12N2O3S2. The lowest BCUT2D eigenvalue weighted by atomic mass is 10.2. The van der Waals surface area contributed by atoms with Gasteiger partial charge >= 0.3 is 0 Å². The number of rotatable bonds is 6. The third kappa shape index (κ3) is 4.77. The summed E-state index contributed by atoms with van der Waals surface area (Å²) in [6.07, 6.45) is 1.63. The van der Waals surface area contributed by atoms with E-state index in [9.17, 15) is 13.2 Å². The van der Waals surface area contributed by atoms with Crippen molar-refractivity contribution >= 4 is 27.7 Å². The van der Waals surface area contributed by atoms with Gasteiger partial charge in [0.05, 0.1) is 22.3 Å². The van der Waals surface area contributed by atoms with Crippen molar-refractivity contribution in [3.63, 3.8) is 0 Å². The van der Waals surface area contributed by atoms with Gasteiger partial charge in [-0.2, -0.15) is 5.26 Å². The summed E-state index contributed by atoms with van der Waals surface area (Å²) in [4.78, 5) is 11.3. The Kier molecular flexibility index (Phi) is 5.60. The molecule has 1 amide bonds. The first-order chi connectivity index (χ1) is 8.99. The van der Waals surface area contributed by atoms with E-state index in [1.54, 1.807) is 6.08 Å². The van der Waals surface area contributed by atoms with Gasteiger partial charge in [0.2, 0.25) is 5.91 Å². The molecular weight excluding hydrogens is 284 g/mol. The van der Waals surface area contributed by atoms with Gasteiger partial charge in [-0.25, -0.2) is 13.1 Å². The number of carbonyl (C=O) groups is 1. The molecule has 100 valence electrons. The summed E-state index contributed by atoms with van der Waals surface area (Å²) in [5.41, 5.74) is 0.219. The van der Waals surface area contributed by atoms with Gasteiger partial charge in [-0.3, -0.25) is 4.79 Å². The van der Waals surface area contributed by atoms with Crippen molar-refractivity contribution in [2.45, 2.75) is 4.90 Å². The van der Waals surface area contributed by atoms with Gasteiger partial charge in [0.15, 0.2) is 0 Å². The Balaban J connectivity index is 2.78. The van der Waals surface area contributed by atoms with E-state index in [2.05, 4.69) is 6.58 Å². The van der Waals surface area contributed by atoms with Crippen LogP contribution in [0.15, 0.2) is 41.8 Å². The Bertz CT molecular complexity index is 618. The first-order valence-corrected chi connectivity index (χ1v) is 7.88. The van der Waals surface area contributed by atoms with Gasteiger partial charge in [-0.05, 0) is 18.2 Å². The molecule has 0 heterocycles. The Morgan fingerprint density at radius 3 is 2.89 bits per heavy atom. The third-order valence-electron chi connectivity index (χ3n) is 1.99. The predicted molar refractivity (Wildman–Crippen MR) is 74.0 cm³/mol. The van der Waals surface area contributed by atoms with Crippen LogP contribution in [0.3, 0.4) is 0 Å². The SMILES string of the molecule is C=CCSCC(=O)NS(=O)(=O)c1cccc(C#N)c1. The number of benzene rings is 1. The molecule has 0 atom stereocenters. The molecule has 0 saturated carbocycles. The lowest BCUT2D eigenvalue weighted by molar-refractivity contribution is -0.116. The molecule has 7 heteroatoms. The first-order valence-electron chi connectivity index (χ1n) is 5.24. The molecule has 0 aliphatic carbocycles. The average molecular weight is 296 g/mol. The van der Waals surface area contributed by atoms with E-state index in [1.807, 2.05) is 10.8 Å². The fourth-order valence-corrected chi connectivity index (χ4v) is 2.87. The number of sulfonamides is 1. The van der Waals surface area contributed by atoms with Gasteiger partial charge < -0.3 is 0 Å². The highest BCUT2D eigenvalue weighted by Gasteiger charge is 2.17. The summed E-state index contributed by atoms with van der Waals surface area (Å²) >= 11 is 1.26. The zero-order valence-corrected chi connectivity index (χ0v) is 11.6. The summed E-state index contributed by atoms with van der Waals surface area (Å²) in [5, 5.41) is 8.71. The van der Waals surface area contributed by atoms with E-state index < -0.39 is 15.9 Å². The quantitative estimate of drug-likeness (QED) is 0.631. The first kappa shape index (κ1) is 15.3. The smallest absolute Gasteiger partial charge is 0.264 e. The molecule has 0 spiro atoms. The number of nitriles is 1. The molecule has 1 rings (SSSR count). The highest BCUT2D eigenvalue weighted by molar-refractivity contribution is 8.00. The van der Waals surface area contributed by atoms with E-state index in [4.69, 9.17) is 5.26 Å². The van der Waals surface area contributed by atoms with Crippen molar-refractivity contribution in [3.05, 3.63) is 42.5 Å². The van der Waals surface area contributed by atoms with Crippen LogP contribution >= 0.6 is 11.8 Å². The summed E-state index contributed by atoms with van der Waals surface area (Å²) in [5.74, 6) is -0.00479. The number of amides is 1. The van der Waals surface area contributed by atoms with Gasteiger partial charge in [0, 0.05) is 5.75 Å². The van der Waals surface area contributed by atoms with Gasteiger partial charge in [0.1, 0.15) is 0 Å². The molecule has 19 heavy (non-hydrogen) atoms.